The number of halogens is 3. The zero-order valence-electron chi connectivity index (χ0n) is 23.5. The maximum Gasteiger partial charge on any atom is 0.416 e. The van der Waals surface area contributed by atoms with Gasteiger partial charge in [0.25, 0.3) is 10.0 Å². The number of hydrogen-bond acceptors (Lipinski definition) is 5. The van der Waals surface area contributed by atoms with Gasteiger partial charge in [0, 0.05) is 18.0 Å². The highest BCUT2D eigenvalue weighted by molar-refractivity contribution is 7.92. The first-order chi connectivity index (χ1) is 19.9. The van der Waals surface area contributed by atoms with Crippen LogP contribution in [0.3, 0.4) is 0 Å². The van der Waals surface area contributed by atoms with Gasteiger partial charge in [0.05, 0.1) is 10.5 Å². The molecule has 0 spiro atoms. The monoisotopic (exact) mass is 601 g/mol. The lowest BCUT2D eigenvalue weighted by molar-refractivity contribution is -0.180. The highest BCUT2D eigenvalue weighted by atomic mass is 32.2. The number of alkyl halides is 3. The zero-order valence-corrected chi connectivity index (χ0v) is 24.3. The second-order valence-electron chi connectivity index (χ2n) is 10.7. The fourth-order valence-electron chi connectivity index (χ4n) is 5.67. The van der Waals surface area contributed by atoms with Crippen molar-refractivity contribution in [1.82, 2.24) is 0 Å². The summed E-state index contributed by atoms with van der Waals surface area (Å²) < 4.78 is 72.9. The van der Waals surface area contributed by atoms with Gasteiger partial charge in [-0.15, -0.1) is 0 Å². The molecule has 0 aromatic heterocycles. The number of nitrogens with one attached hydrogen (secondary N) is 1. The Morgan fingerprint density at radius 1 is 0.952 bits per heavy atom. The Morgan fingerprint density at radius 2 is 1.64 bits per heavy atom. The van der Waals surface area contributed by atoms with E-state index in [0.717, 1.165) is 24.1 Å². The van der Waals surface area contributed by atoms with E-state index in [9.17, 15) is 31.2 Å². The van der Waals surface area contributed by atoms with Crippen LogP contribution in [0.5, 0.6) is 0 Å². The van der Waals surface area contributed by atoms with Gasteiger partial charge in [0.1, 0.15) is 11.5 Å². The molecule has 1 heterocycles. The predicted octanol–water partition coefficient (Wildman–Crippen LogP) is 7.30. The third-order valence-corrected chi connectivity index (χ3v) is 9.13. The summed E-state index contributed by atoms with van der Waals surface area (Å²) in [7, 11) is -4.20. The van der Waals surface area contributed by atoms with Crippen LogP contribution in [-0.4, -0.2) is 25.8 Å². The molecule has 4 rings (SSSR count). The first kappa shape index (κ1) is 31.3. The Morgan fingerprint density at radius 3 is 2.24 bits per heavy atom. The molecule has 0 radical (unpaired) electrons. The highest BCUT2D eigenvalue weighted by Gasteiger charge is 2.48. The summed E-state index contributed by atoms with van der Waals surface area (Å²) in [6, 6.07) is 19.4. The Hall–Kier alpha value is -3.66. The Kier molecular flexibility index (Phi) is 9.45. The number of anilines is 1. The zero-order chi connectivity index (χ0) is 30.5. The smallest absolute Gasteiger partial charge is 0.416 e. The molecule has 42 heavy (non-hydrogen) atoms. The van der Waals surface area contributed by atoms with Gasteiger partial charge in [0.15, 0.2) is 5.78 Å². The van der Waals surface area contributed by atoms with Gasteiger partial charge in [-0.25, -0.2) is 8.42 Å². The number of carbonyl (C=O) groups is 2. The van der Waals surface area contributed by atoms with Crippen molar-refractivity contribution in [3.05, 3.63) is 95.6 Å². The van der Waals surface area contributed by atoms with Gasteiger partial charge in [-0.1, -0.05) is 62.7 Å². The molecule has 10 heteroatoms. The topological polar surface area (TPSA) is 89.5 Å². The van der Waals surface area contributed by atoms with E-state index in [0.29, 0.717) is 43.4 Å². The molecule has 1 N–H and O–H groups in total. The quantitative estimate of drug-likeness (QED) is 0.184. The SMILES string of the molecule is CCCC1(CCc2ccccc2)CC(=O)C(C(CC)c2cccc(NS(=O)(=O)c3ccc(C(F)(F)F)cc3)c2)C(=O)O1. The Labute approximate surface area is 244 Å². The Balaban J connectivity index is 1.52. The molecule has 1 saturated heterocycles. The number of aryl methyl sites for hydroxylation is 1. The number of ether oxygens (including phenoxy) is 1. The van der Waals surface area contributed by atoms with Gasteiger partial charge in [0.2, 0.25) is 0 Å². The molecular formula is C32H34F3NO5S. The average Bonchev–Trinajstić information content (AvgIpc) is 2.94. The van der Waals surface area contributed by atoms with E-state index in [1.165, 1.54) is 6.07 Å². The minimum atomic E-state index is -4.59. The van der Waals surface area contributed by atoms with Crippen LogP contribution < -0.4 is 4.72 Å². The summed E-state index contributed by atoms with van der Waals surface area (Å²) in [5, 5.41) is 0. The molecule has 6 nitrogen and oxygen atoms in total. The summed E-state index contributed by atoms with van der Waals surface area (Å²) >= 11 is 0. The minimum Gasteiger partial charge on any atom is -0.458 e. The van der Waals surface area contributed by atoms with Crippen molar-refractivity contribution in [2.75, 3.05) is 4.72 Å². The summed E-state index contributed by atoms with van der Waals surface area (Å²) in [6.45, 7) is 3.83. The molecule has 0 bridgehead atoms. The van der Waals surface area contributed by atoms with E-state index in [4.69, 9.17) is 4.74 Å². The van der Waals surface area contributed by atoms with Crippen LogP contribution in [0, 0.1) is 5.92 Å². The molecule has 3 unspecified atom stereocenters. The van der Waals surface area contributed by atoms with Crippen LogP contribution in [0.1, 0.15) is 68.6 Å². The van der Waals surface area contributed by atoms with Crippen molar-refractivity contribution in [1.29, 1.82) is 0 Å². The lowest BCUT2D eigenvalue weighted by atomic mass is 9.74. The molecule has 224 valence electrons. The summed E-state index contributed by atoms with van der Waals surface area (Å²) in [5.41, 5.74) is 0.00687. The van der Waals surface area contributed by atoms with Crippen molar-refractivity contribution < 1.29 is 35.9 Å². The molecular weight excluding hydrogens is 567 g/mol. The lowest BCUT2D eigenvalue weighted by Gasteiger charge is -2.40. The average molecular weight is 602 g/mol. The number of Topliss-reactive ketones (excluding diaryl/α,β-unsaturated/α-hetero) is 1. The van der Waals surface area contributed by atoms with E-state index in [1.54, 1.807) is 18.2 Å². The van der Waals surface area contributed by atoms with Gasteiger partial charge >= 0.3 is 12.1 Å². The molecule has 1 fully saturated rings. The van der Waals surface area contributed by atoms with Crippen molar-refractivity contribution in [3.8, 4) is 0 Å². The van der Waals surface area contributed by atoms with E-state index >= 15 is 0 Å². The van der Waals surface area contributed by atoms with Gasteiger partial charge in [-0.3, -0.25) is 14.3 Å². The molecule has 0 saturated carbocycles. The third-order valence-electron chi connectivity index (χ3n) is 7.73. The van der Waals surface area contributed by atoms with Crippen LogP contribution >= 0.6 is 0 Å². The maximum atomic E-state index is 13.6. The fraction of sp³-hybridized carbons (Fsp3) is 0.375. The molecule has 1 aliphatic rings. The number of esters is 1. The largest absolute Gasteiger partial charge is 0.458 e. The minimum absolute atomic E-state index is 0.112. The summed E-state index contributed by atoms with van der Waals surface area (Å²) in [6.07, 6.45) is -1.53. The van der Waals surface area contributed by atoms with Crippen LogP contribution in [0.2, 0.25) is 0 Å². The number of benzene rings is 3. The molecule has 0 aliphatic carbocycles. The third kappa shape index (κ3) is 7.21. The lowest BCUT2D eigenvalue weighted by Crippen LogP contribution is -2.49. The van der Waals surface area contributed by atoms with Crippen molar-refractivity contribution in [3.63, 3.8) is 0 Å². The number of ketones is 1. The second kappa shape index (κ2) is 12.7. The Bertz CT molecular complexity index is 1490. The first-order valence-electron chi connectivity index (χ1n) is 14.0. The molecule has 3 atom stereocenters. The summed E-state index contributed by atoms with van der Waals surface area (Å²) in [4.78, 5) is 26.7. The van der Waals surface area contributed by atoms with Crippen molar-refractivity contribution in [2.24, 2.45) is 5.92 Å². The number of carbonyl (C=O) groups excluding carboxylic acids is 2. The maximum absolute atomic E-state index is 13.6. The van der Waals surface area contributed by atoms with E-state index in [1.807, 2.05) is 44.2 Å². The molecule has 3 aromatic rings. The van der Waals surface area contributed by atoms with E-state index in [2.05, 4.69) is 4.72 Å². The number of sulfonamides is 1. The number of hydrogen-bond donors (Lipinski definition) is 1. The van der Waals surface area contributed by atoms with Crippen molar-refractivity contribution in [2.45, 2.75) is 75.0 Å². The summed E-state index contributed by atoms with van der Waals surface area (Å²) in [5.74, 6) is -2.35. The van der Waals surface area contributed by atoms with Crippen LogP contribution in [0.15, 0.2) is 83.8 Å². The second-order valence-corrected chi connectivity index (χ2v) is 12.4. The first-order valence-corrected chi connectivity index (χ1v) is 15.5. The molecule has 3 aromatic carbocycles. The predicted molar refractivity (Wildman–Crippen MR) is 153 cm³/mol. The highest BCUT2D eigenvalue weighted by Crippen LogP contribution is 2.41. The van der Waals surface area contributed by atoms with Crippen molar-refractivity contribution >= 4 is 27.5 Å². The molecule has 0 amide bonds. The fourth-order valence-corrected chi connectivity index (χ4v) is 6.72. The van der Waals surface area contributed by atoms with Crippen LogP contribution in [0.4, 0.5) is 18.9 Å². The van der Waals surface area contributed by atoms with Gasteiger partial charge < -0.3 is 4.74 Å². The van der Waals surface area contributed by atoms with Crippen LogP contribution in [-0.2, 0) is 36.9 Å². The molecule has 1 aliphatic heterocycles. The number of cyclic esters (lactones) is 1. The van der Waals surface area contributed by atoms with Crippen LogP contribution in [0.25, 0.3) is 0 Å². The van der Waals surface area contributed by atoms with E-state index < -0.39 is 45.2 Å². The van der Waals surface area contributed by atoms with Gasteiger partial charge in [-0.05, 0) is 73.2 Å². The van der Waals surface area contributed by atoms with E-state index in [-0.39, 0.29) is 22.8 Å². The van der Waals surface area contributed by atoms with Gasteiger partial charge in [-0.2, -0.15) is 13.2 Å². The normalized spacial score (nSPS) is 20.2. The standard InChI is InChI=1S/C32H34F3NO5S/c1-3-18-31(19-17-22-9-6-5-7-10-22)21-28(37)29(30(38)41-31)27(4-2)23-11-8-12-25(20-23)36-42(39,40)26-15-13-24(14-16-26)32(33,34)35/h5-16,20,27,29,36H,3-4,17-19,21H2,1-2H3. The number of rotatable bonds is 11.